The number of hydrogen-bond acceptors (Lipinski definition) is 4. The van der Waals surface area contributed by atoms with E-state index in [1.165, 1.54) is 7.11 Å². The Balaban J connectivity index is 2.40. The molecule has 0 unspecified atom stereocenters. The van der Waals surface area contributed by atoms with Crippen molar-refractivity contribution in [3.63, 3.8) is 0 Å². The molecule has 0 saturated heterocycles. The quantitative estimate of drug-likeness (QED) is 0.611. The second-order valence-corrected chi connectivity index (χ2v) is 4.23. The highest BCUT2D eigenvalue weighted by Gasteiger charge is 2.04. The molecule has 0 radical (unpaired) electrons. The number of halogens is 1. The Kier molecular flexibility index (Phi) is 6.54. The second-order valence-electron chi connectivity index (χ2n) is 3.82. The molecule has 1 aromatic rings. The summed E-state index contributed by atoms with van der Waals surface area (Å²) >= 11 is 6.09. The number of carbonyl (C=O) groups excluding carboxylic acids is 1. The van der Waals surface area contributed by atoms with E-state index in [9.17, 15) is 4.79 Å². The lowest BCUT2D eigenvalue weighted by Gasteiger charge is -2.09. The summed E-state index contributed by atoms with van der Waals surface area (Å²) in [6.45, 7) is 1.21. The maximum absolute atomic E-state index is 10.9. The van der Waals surface area contributed by atoms with Crippen LogP contribution in [0.3, 0.4) is 0 Å². The molecule has 0 aromatic heterocycles. The van der Waals surface area contributed by atoms with Gasteiger partial charge in [0.15, 0.2) is 0 Å². The maximum Gasteiger partial charge on any atom is 0.305 e. The van der Waals surface area contributed by atoms with Gasteiger partial charge in [-0.15, -0.1) is 0 Å². The van der Waals surface area contributed by atoms with Gasteiger partial charge < -0.3 is 14.8 Å². The van der Waals surface area contributed by atoms with Crippen LogP contribution in [0.5, 0.6) is 5.75 Å². The van der Waals surface area contributed by atoms with E-state index in [4.69, 9.17) is 16.3 Å². The topological polar surface area (TPSA) is 47.6 Å². The molecule has 0 fully saturated rings. The first-order valence-electron chi connectivity index (χ1n) is 5.80. The van der Waals surface area contributed by atoms with Crippen molar-refractivity contribution in [1.29, 1.82) is 0 Å². The van der Waals surface area contributed by atoms with Crippen LogP contribution in [0, 0.1) is 0 Å². The molecule has 0 aliphatic carbocycles. The van der Waals surface area contributed by atoms with Gasteiger partial charge in [-0.2, -0.15) is 0 Å². The molecule has 0 spiro atoms. The number of nitrogens with one attached hydrogen (secondary N) is 1. The molecule has 5 heteroatoms. The van der Waals surface area contributed by atoms with Gasteiger partial charge in [0.2, 0.25) is 0 Å². The second kappa shape index (κ2) is 7.95. The van der Waals surface area contributed by atoms with Crippen molar-refractivity contribution in [2.24, 2.45) is 0 Å². The fourth-order valence-corrected chi connectivity index (χ4v) is 1.73. The third-order valence-electron chi connectivity index (χ3n) is 2.39. The van der Waals surface area contributed by atoms with Crippen molar-refractivity contribution in [2.45, 2.75) is 19.4 Å². The number of ether oxygens (including phenoxy) is 2. The lowest BCUT2D eigenvalue weighted by atomic mass is 10.2. The monoisotopic (exact) mass is 271 g/mol. The molecule has 1 rings (SSSR count). The van der Waals surface area contributed by atoms with Crippen molar-refractivity contribution < 1.29 is 14.3 Å². The fourth-order valence-electron chi connectivity index (χ4n) is 1.48. The number of hydrogen-bond donors (Lipinski definition) is 1. The minimum atomic E-state index is -0.228. The van der Waals surface area contributed by atoms with Crippen LogP contribution in [-0.4, -0.2) is 26.7 Å². The largest absolute Gasteiger partial charge is 0.492 e. The first kappa shape index (κ1) is 14.8. The summed E-state index contributed by atoms with van der Waals surface area (Å²) in [5.74, 6) is 0.412. The first-order valence-corrected chi connectivity index (χ1v) is 6.17. The van der Waals surface area contributed by atoms with E-state index < -0.39 is 0 Å². The van der Waals surface area contributed by atoms with E-state index in [1.54, 1.807) is 0 Å². The van der Waals surface area contributed by atoms with Crippen LogP contribution < -0.4 is 10.1 Å². The van der Waals surface area contributed by atoms with Crippen molar-refractivity contribution in [3.05, 3.63) is 28.8 Å². The van der Waals surface area contributed by atoms with E-state index in [2.05, 4.69) is 10.1 Å². The van der Waals surface area contributed by atoms with Gasteiger partial charge in [0, 0.05) is 13.0 Å². The minimum absolute atomic E-state index is 0.228. The predicted octanol–water partition coefficient (Wildman–Crippen LogP) is 2.39. The third-order valence-corrected chi connectivity index (χ3v) is 2.68. The summed E-state index contributed by atoms with van der Waals surface area (Å²) in [5, 5.41) is 3.64. The SMILES string of the molecule is CNCc1ccc(OCCCC(=O)OC)c(Cl)c1. The molecule has 18 heavy (non-hydrogen) atoms. The Morgan fingerprint density at radius 2 is 2.22 bits per heavy atom. The lowest BCUT2D eigenvalue weighted by molar-refractivity contribution is -0.140. The summed E-state index contributed by atoms with van der Waals surface area (Å²) in [6, 6.07) is 5.67. The molecule has 1 N–H and O–H groups in total. The van der Waals surface area contributed by atoms with Crippen LogP contribution in [0.25, 0.3) is 0 Å². The molecule has 4 nitrogen and oxygen atoms in total. The normalized spacial score (nSPS) is 10.2. The molecule has 0 saturated carbocycles. The van der Waals surface area contributed by atoms with Crippen LogP contribution >= 0.6 is 11.6 Å². The molecule has 0 aliphatic heterocycles. The van der Waals surface area contributed by atoms with Crippen molar-refractivity contribution in [3.8, 4) is 5.75 Å². The summed E-state index contributed by atoms with van der Waals surface area (Å²) in [4.78, 5) is 10.9. The Morgan fingerprint density at radius 3 is 2.83 bits per heavy atom. The first-order chi connectivity index (χ1) is 8.67. The van der Waals surface area contributed by atoms with E-state index in [0.29, 0.717) is 30.2 Å². The van der Waals surface area contributed by atoms with Crippen LogP contribution in [-0.2, 0) is 16.1 Å². The van der Waals surface area contributed by atoms with Gasteiger partial charge in [0.1, 0.15) is 5.75 Å². The summed E-state index contributed by atoms with van der Waals surface area (Å²) < 4.78 is 10.0. The van der Waals surface area contributed by atoms with Gasteiger partial charge in [-0.3, -0.25) is 4.79 Å². The zero-order chi connectivity index (χ0) is 13.4. The van der Waals surface area contributed by atoms with Gasteiger partial charge in [-0.1, -0.05) is 17.7 Å². The van der Waals surface area contributed by atoms with Crippen LogP contribution in [0.2, 0.25) is 5.02 Å². The lowest BCUT2D eigenvalue weighted by Crippen LogP contribution is -2.06. The highest BCUT2D eigenvalue weighted by Crippen LogP contribution is 2.25. The maximum atomic E-state index is 10.9. The molecule has 0 heterocycles. The highest BCUT2D eigenvalue weighted by atomic mass is 35.5. The fraction of sp³-hybridized carbons (Fsp3) is 0.462. The Hall–Kier alpha value is -1.26. The number of esters is 1. The number of methoxy groups -OCH3 is 1. The van der Waals surface area contributed by atoms with Gasteiger partial charge in [-0.05, 0) is 31.2 Å². The number of carbonyl (C=O) groups is 1. The smallest absolute Gasteiger partial charge is 0.305 e. The van der Waals surface area contributed by atoms with Gasteiger partial charge in [0.25, 0.3) is 0 Å². The summed E-state index contributed by atoms with van der Waals surface area (Å²) in [6.07, 6.45) is 0.966. The summed E-state index contributed by atoms with van der Waals surface area (Å²) in [7, 11) is 3.26. The number of rotatable bonds is 7. The van der Waals surface area contributed by atoms with E-state index in [1.807, 2.05) is 25.2 Å². The van der Waals surface area contributed by atoms with Gasteiger partial charge in [0.05, 0.1) is 18.7 Å². The van der Waals surface area contributed by atoms with E-state index >= 15 is 0 Å². The van der Waals surface area contributed by atoms with Gasteiger partial charge >= 0.3 is 5.97 Å². The average Bonchev–Trinajstić information content (AvgIpc) is 2.36. The van der Waals surface area contributed by atoms with E-state index in [-0.39, 0.29) is 5.97 Å². The minimum Gasteiger partial charge on any atom is -0.492 e. The zero-order valence-electron chi connectivity index (χ0n) is 10.7. The van der Waals surface area contributed by atoms with Crippen LogP contribution in [0.1, 0.15) is 18.4 Å². The third kappa shape index (κ3) is 4.94. The molecule has 0 aliphatic rings. The molecule has 0 amide bonds. The molecule has 0 atom stereocenters. The zero-order valence-corrected chi connectivity index (χ0v) is 11.4. The highest BCUT2D eigenvalue weighted by molar-refractivity contribution is 6.32. The van der Waals surface area contributed by atoms with Gasteiger partial charge in [-0.25, -0.2) is 0 Å². The Labute approximate surface area is 112 Å². The van der Waals surface area contributed by atoms with Crippen LogP contribution in [0.15, 0.2) is 18.2 Å². The Bertz CT molecular complexity index is 396. The molecule has 0 bridgehead atoms. The standard InChI is InChI=1S/C13H18ClNO3/c1-15-9-10-5-6-12(11(14)8-10)18-7-3-4-13(16)17-2/h5-6,8,15H,3-4,7,9H2,1-2H3. The average molecular weight is 272 g/mol. The number of benzene rings is 1. The molecular weight excluding hydrogens is 254 g/mol. The summed E-state index contributed by atoms with van der Waals surface area (Å²) in [5.41, 5.74) is 1.10. The predicted molar refractivity (Wildman–Crippen MR) is 71.0 cm³/mol. The van der Waals surface area contributed by atoms with Crippen molar-refractivity contribution in [2.75, 3.05) is 20.8 Å². The molecule has 100 valence electrons. The van der Waals surface area contributed by atoms with Crippen LogP contribution in [0.4, 0.5) is 0 Å². The molecular formula is C13H18ClNO3. The van der Waals surface area contributed by atoms with Crippen molar-refractivity contribution >= 4 is 17.6 Å². The molecule has 1 aromatic carbocycles. The van der Waals surface area contributed by atoms with Crippen molar-refractivity contribution in [1.82, 2.24) is 5.32 Å². The Morgan fingerprint density at radius 1 is 1.44 bits per heavy atom. The van der Waals surface area contributed by atoms with E-state index in [0.717, 1.165) is 12.1 Å².